The lowest BCUT2D eigenvalue weighted by atomic mass is 9.82. The molecular formula is C17H30O3. The van der Waals surface area contributed by atoms with E-state index >= 15 is 0 Å². The van der Waals surface area contributed by atoms with E-state index in [2.05, 4.69) is 32.9 Å². The minimum atomic E-state index is 0.0879. The molecule has 1 fully saturated rings. The number of allylic oxidation sites excluding steroid dienone is 2. The van der Waals surface area contributed by atoms with Crippen LogP contribution in [0, 0.1) is 11.8 Å². The molecule has 0 spiro atoms. The maximum absolute atomic E-state index is 6.15. The second-order valence-corrected chi connectivity index (χ2v) is 6.26. The number of rotatable bonds is 0. The fourth-order valence-corrected chi connectivity index (χ4v) is 3.09. The maximum atomic E-state index is 6.15. The summed E-state index contributed by atoms with van der Waals surface area (Å²) < 4.78 is 18.1. The van der Waals surface area contributed by atoms with Crippen LogP contribution in [-0.4, -0.2) is 38.1 Å². The normalized spacial score (nSPS) is 42.6. The molecule has 5 atom stereocenters. The highest BCUT2D eigenvalue weighted by Gasteiger charge is 2.40. The zero-order valence-electron chi connectivity index (χ0n) is 13.2. The average molecular weight is 282 g/mol. The summed E-state index contributed by atoms with van der Waals surface area (Å²) in [6.45, 7) is 9.02. The van der Waals surface area contributed by atoms with Crippen LogP contribution in [0.2, 0.25) is 0 Å². The van der Waals surface area contributed by atoms with Gasteiger partial charge in [0.05, 0.1) is 18.8 Å². The van der Waals surface area contributed by atoms with Gasteiger partial charge in [-0.1, -0.05) is 26.0 Å². The number of ether oxygens (including phenoxy) is 3. The van der Waals surface area contributed by atoms with Crippen molar-refractivity contribution in [3.8, 4) is 0 Å². The zero-order chi connectivity index (χ0) is 14.4. The molecule has 2 aliphatic rings. The molecule has 0 bridgehead atoms. The van der Waals surface area contributed by atoms with E-state index in [0.29, 0.717) is 18.4 Å². The largest absolute Gasteiger partial charge is 0.379 e. The summed E-state index contributed by atoms with van der Waals surface area (Å²) in [4.78, 5) is 0. The Morgan fingerprint density at radius 2 is 1.60 bits per heavy atom. The van der Waals surface area contributed by atoms with Gasteiger partial charge in [0.15, 0.2) is 0 Å². The number of hydrogen-bond acceptors (Lipinski definition) is 3. The van der Waals surface area contributed by atoms with Gasteiger partial charge in [0, 0.05) is 13.2 Å². The molecule has 0 amide bonds. The molecule has 2 aliphatic heterocycles. The van der Waals surface area contributed by atoms with Gasteiger partial charge in [0.2, 0.25) is 0 Å². The maximum Gasteiger partial charge on any atom is 0.108 e. The molecule has 2 heterocycles. The van der Waals surface area contributed by atoms with Gasteiger partial charge in [0.1, 0.15) is 6.10 Å². The summed E-state index contributed by atoms with van der Waals surface area (Å²) in [7, 11) is 0. The lowest BCUT2D eigenvalue weighted by Crippen LogP contribution is -2.51. The molecule has 116 valence electrons. The van der Waals surface area contributed by atoms with Crippen molar-refractivity contribution >= 4 is 0 Å². The van der Waals surface area contributed by atoms with Crippen molar-refractivity contribution in [2.45, 2.75) is 64.8 Å². The Morgan fingerprint density at radius 1 is 0.900 bits per heavy atom. The van der Waals surface area contributed by atoms with Crippen molar-refractivity contribution in [2.75, 3.05) is 19.8 Å². The summed E-state index contributed by atoms with van der Waals surface area (Å²) >= 11 is 0. The second-order valence-electron chi connectivity index (χ2n) is 6.26. The molecule has 0 aromatic rings. The fourth-order valence-electron chi connectivity index (χ4n) is 3.09. The van der Waals surface area contributed by atoms with Crippen LogP contribution in [0.15, 0.2) is 12.2 Å². The zero-order valence-corrected chi connectivity index (χ0v) is 13.2. The van der Waals surface area contributed by atoms with Crippen LogP contribution >= 0.6 is 0 Å². The van der Waals surface area contributed by atoms with Crippen molar-refractivity contribution < 1.29 is 14.2 Å². The Labute approximate surface area is 123 Å². The average Bonchev–Trinajstić information content (AvgIpc) is 2.46. The van der Waals surface area contributed by atoms with Crippen LogP contribution in [0.25, 0.3) is 0 Å². The first-order chi connectivity index (χ1) is 9.70. The molecule has 1 saturated heterocycles. The molecule has 0 aromatic carbocycles. The smallest absolute Gasteiger partial charge is 0.108 e. The molecule has 0 radical (unpaired) electrons. The van der Waals surface area contributed by atoms with Gasteiger partial charge in [-0.25, -0.2) is 0 Å². The standard InChI is InChI=1S/C17H30O3/c1-13-14(2)17-16(20-15(13)3)12-18-10-8-6-4-5-7-9-11-19-17/h4-5,13-17H,6-12H2,1-3H3/b5-4-/t13-,14-,15+,16-,17+/m1/s1. The van der Waals surface area contributed by atoms with Gasteiger partial charge in [-0.05, 0) is 44.4 Å². The summed E-state index contributed by atoms with van der Waals surface area (Å²) in [6.07, 6.45) is 9.49. The molecule has 0 unspecified atom stereocenters. The molecule has 0 aliphatic carbocycles. The molecule has 2 rings (SSSR count). The highest BCUT2D eigenvalue weighted by molar-refractivity contribution is 4.88. The van der Waals surface area contributed by atoms with E-state index in [1.807, 2.05) is 0 Å². The Balaban J connectivity index is 1.97. The Bertz CT molecular complexity index is 303. The van der Waals surface area contributed by atoms with Crippen LogP contribution in [-0.2, 0) is 14.2 Å². The highest BCUT2D eigenvalue weighted by Crippen LogP contribution is 2.32. The molecule has 3 nitrogen and oxygen atoms in total. The number of fused-ring (bicyclic) bond motifs is 1. The van der Waals surface area contributed by atoms with Crippen LogP contribution in [0.4, 0.5) is 0 Å². The van der Waals surface area contributed by atoms with E-state index in [-0.39, 0.29) is 18.3 Å². The second kappa shape index (κ2) is 8.16. The quantitative estimate of drug-likeness (QED) is 0.636. The van der Waals surface area contributed by atoms with E-state index in [4.69, 9.17) is 14.2 Å². The van der Waals surface area contributed by atoms with Gasteiger partial charge in [-0.3, -0.25) is 0 Å². The molecule has 0 aromatic heterocycles. The van der Waals surface area contributed by atoms with Gasteiger partial charge in [-0.15, -0.1) is 0 Å². The van der Waals surface area contributed by atoms with Crippen LogP contribution < -0.4 is 0 Å². The van der Waals surface area contributed by atoms with Crippen molar-refractivity contribution in [1.29, 1.82) is 0 Å². The van der Waals surface area contributed by atoms with Crippen LogP contribution in [0.1, 0.15) is 46.5 Å². The van der Waals surface area contributed by atoms with Gasteiger partial charge >= 0.3 is 0 Å². The minimum Gasteiger partial charge on any atom is -0.379 e. The van der Waals surface area contributed by atoms with Crippen LogP contribution in [0.3, 0.4) is 0 Å². The first kappa shape index (κ1) is 16.0. The van der Waals surface area contributed by atoms with E-state index in [0.717, 1.165) is 38.9 Å². The van der Waals surface area contributed by atoms with Crippen LogP contribution in [0.5, 0.6) is 0 Å². The predicted molar refractivity (Wildman–Crippen MR) is 80.8 cm³/mol. The topological polar surface area (TPSA) is 27.7 Å². The predicted octanol–water partition coefficient (Wildman–Crippen LogP) is 3.58. The van der Waals surface area contributed by atoms with E-state index in [1.54, 1.807) is 0 Å². The van der Waals surface area contributed by atoms with E-state index < -0.39 is 0 Å². The third-order valence-electron chi connectivity index (χ3n) is 4.78. The monoisotopic (exact) mass is 282 g/mol. The Kier molecular flexibility index (Phi) is 6.53. The Morgan fingerprint density at radius 3 is 2.35 bits per heavy atom. The highest BCUT2D eigenvalue weighted by atomic mass is 16.6. The third-order valence-corrected chi connectivity index (χ3v) is 4.78. The molecule has 3 heteroatoms. The Hall–Kier alpha value is -0.380. The van der Waals surface area contributed by atoms with Gasteiger partial charge in [0.25, 0.3) is 0 Å². The SMILES string of the molecule is C[C@@H]1[C@@H](C)[C@H](C)O[C@@H]2COCCC/C=C\CCCO[C@@H]12. The lowest BCUT2D eigenvalue weighted by Gasteiger charge is -2.43. The summed E-state index contributed by atoms with van der Waals surface area (Å²) in [5, 5.41) is 0. The van der Waals surface area contributed by atoms with E-state index in [9.17, 15) is 0 Å². The van der Waals surface area contributed by atoms with Gasteiger partial charge in [-0.2, -0.15) is 0 Å². The fraction of sp³-hybridized carbons (Fsp3) is 0.882. The summed E-state index contributed by atoms with van der Waals surface area (Å²) in [5.74, 6) is 1.06. The summed E-state index contributed by atoms with van der Waals surface area (Å²) in [6, 6.07) is 0. The van der Waals surface area contributed by atoms with Crippen molar-refractivity contribution in [3.63, 3.8) is 0 Å². The first-order valence-electron chi connectivity index (χ1n) is 8.20. The summed E-state index contributed by atoms with van der Waals surface area (Å²) in [5.41, 5.74) is 0. The third kappa shape index (κ3) is 4.31. The molecular weight excluding hydrogens is 252 g/mol. The lowest BCUT2D eigenvalue weighted by molar-refractivity contribution is -0.197. The molecule has 20 heavy (non-hydrogen) atoms. The van der Waals surface area contributed by atoms with Gasteiger partial charge < -0.3 is 14.2 Å². The van der Waals surface area contributed by atoms with Crippen molar-refractivity contribution in [3.05, 3.63) is 12.2 Å². The van der Waals surface area contributed by atoms with E-state index in [1.165, 1.54) is 0 Å². The molecule has 0 N–H and O–H groups in total. The van der Waals surface area contributed by atoms with Crippen molar-refractivity contribution in [2.24, 2.45) is 11.8 Å². The minimum absolute atomic E-state index is 0.0879. The molecule has 0 saturated carbocycles. The van der Waals surface area contributed by atoms with Crippen molar-refractivity contribution in [1.82, 2.24) is 0 Å². The number of hydrogen-bond donors (Lipinski definition) is 0. The first-order valence-corrected chi connectivity index (χ1v) is 8.20.